The molecular weight excluding hydrogens is 304 g/mol. The molecule has 1 amide bonds. The van der Waals surface area contributed by atoms with E-state index in [2.05, 4.69) is 10.6 Å². The number of halogens is 1. The largest absolute Gasteiger partial charge is 0.398 e. The molecule has 0 fully saturated rings. The van der Waals surface area contributed by atoms with E-state index in [4.69, 9.17) is 27.3 Å². The fourth-order valence-electron chi connectivity index (χ4n) is 1.55. The zero-order valence-corrected chi connectivity index (χ0v) is 13.1. The number of nitrogens with one attached hydrogen (secondary N) is 2. The van der Waals surface area contributed by atoms with Crippen molar-refractivity contribution in [2.45, 2.75) is 13.3 Å². The third-order valence-corrected chi connectivity index (χ3v) is 3.01. The summed E-state index contributed by atoms with van der Waals surface area (Å²) < 4.78 is 5.19. The predicted molar refractivity (Wildman–Crippen MR) is 87.3 cm³/mol. The summed E-state index contributed by atoms with van der Waals surface area (Å²) in [6, 6.07) is 6.57. The molecule has 0 unspecified atom stereocenters. The van der Waals surface area contributed by atoms with Gasteiger partial charge in [0.25, 0.3) is 5.91 Å². The van der Waals surface area contributed by atoms with E-state index in [1.807, 2.05) is 13.0 Å². The van der Waals surface area contributed by atoms with Gasteiger partial charge < -0.3 is 21.1 Å². The van der Waals surface area contributed by atoms with Crippen molar-refractivity contribution >= 4 is 28.9 Å². The smallest absolute Gasteiger partial charge is 0.267 e. The summed E-state index contributed by atoms with van der Waals surface area (Å²) in [4.78, 5) is 12.0. The van der Waals surface area contributed by atoms with Crippen LogP contribution in [0.25, 0.3) is 0 Å². The van der Waals surface area contributed by atoms with E-state index in [9.17, 15) is 4.79 Å². The van der Waals surface area contributed by atoms with Crippen LogP contribution in [0.1, 0.15) is 13.3 Å². The second-order valence-electron chi connectivity index (χ2n) is 4.36. The van der Waals surface area contributed by atoms with E-state index in [-0.39, 0.29) is 5.57 Å². The van der Waals surface area contributed by atoms with Gasteiger partial charge in [-0.3, -0.25) is 4.79 Å². The number of nitriles is 1. The molecule has 0 heterocycles. The molecule has 0 radical (unpaired) electrons. The molecular formula is C15H19ClN4O2. The molecule has 4 N–H and O–H groups in total. The van der Waals surface area contributed by atoms with Gasteiger partial charge in [-0.1, -0.05) is 11.6 Å². The summed E-state index contributed by atoms with van der Waals surface area (Å²) in [5.74, 6) is -0.513. The van der Waals surface area contributed by atoms with Gasteiger partial charge in [0.1, 0.15) is 11.6 Å². The second kappa shape index (κ2) is 9.66. The number of hydrogen-bond donors (Lipinski definition) is 3. The van der Waals surface area contributed by atoms with Gasteiger partial charge in [-0.05, 0) is 31.5 Å². The van der Waals surface area contributed by atoms with Crippen LogP contribution >= 0.6 is 11.6 Å². The first kappa shape index (κ1) is 17.8. The Morgan fingerprint density at radius 1 is 1.55 bits per heavy atom. The number of hydrogen-bond acceptors (Lipinski definition) is 5. The Labute approximate surface area is 134 Å². The first-order valence-corrected chi connectivity index (χ1v) is 7.24. The highest BCUT2D eigenvalue weighted by Gasteiger charge is 2.09. The maximum atomic E-state index is 12.0. The normalized spacial score (nSPS) is 10.9. The van der Waals surface area contributed by atoms with E-state index in [1.165, 1.54) is 12.3 Å². The fraction of sp³-hybridized carbons (Fsp3) is 0.333. The highest BCUT2D eigenvalue weighted by Crippen LogP contribution is 2.22. The summed E-state index contributed by atoms with van der Waals surface area (Å²) in [6.45, 7) is 3.85. The first-order chi connectivity index (χ1) is 10.6. The number of ether oxygens (including phenoxy) is 1. The van der Waals surface area contributed by atoms with Crippen LogP contribution in [-0.4, -0.2) is 25.7 Å². The van der Waals surface area contributed by atoms with Crippen LogP contribution < -0.4 is 16.4 Å². The van der Waals surface area contributed by atoms with Crippen molar-refractivity contribution in [3.8, 4) is 6.07 Å². The molecule has 0 atom stereocenters. The van der Waals surface area contributed by atoms with Crippen LogP contribution in [-0.2, 0) is 9.53 Å². The Hall–Kier alpha value is -2.23. The third kappa shape index (κ3) is 6.04. The zero-order chi connectivity index (χ0) is 16.4. The highest BCUT2D eigenvalue weighted by molar-refractivity contribution is 6.33. The van der Waals surface area contributed by atoms with E-state index in [0.717, 1.165) is 6.42 Å². The van der Waals surface area contributed by atoms with Crippen molar-refractivity contribution in [1.29, 1.82) is 5.26 Å². The number of carbonyl (C=O) groups excluding carboxylic acids is 1. The summed E-state index contributed by atoms with van der Waals surface area (Å²) in [5, 5.41) is 14.9. The van der Waals surface area contributed by atoms with Crippen LogP contribution in [0.15, 0.2) is 30.0 Å². The monoisotopic (exact) mass is 322 g/mol. The zero-order valence-electron chi connectivity index (χ0n) is 12.4. The first-order valence-electron chi connectivity index (χ1n) is 6.86. The number of nitrogens with zero attached hydrogens (tertiary/aromatic N) is 1. The molecule has 1 rings (SSSR count). The molecule has 0 saturated heterocycles. The Morgan fingerprint density at radius 3 is 2.95 bits per heavy atom. The van der Waals surface area contributed by atoms with Gasteiger partial charge in [-0.25, -0.2) is 0 Å². The van der Waals surface area contributed by atoms with Crippen molar-refractivity contribution in [2.75, 3.05) is 30.8 Å². The molecule has 1 aromatic rings. The number of nitrogen functional groups attached to an aromatic ring is 1. The summed E-state index contributed by atoms with van der Waals surface area (Å²) in [6.07, 6.45) is 2.18. The van der Waals surface area contributed by atoms with Crippen LogP contribution in [0.2, 0.25) is 5.02 Å². The number of rotatable bonds is 8. The van der Waals surface area contributed by atoms with Gasteiger partial charge in [0, 0.05) is 31.6 Å². The summed E-state index contributed by atoms with van der Waals surface area (Å²) >= 11 is 5.87. The summed E-state index contributed by atoms with van der Waals surface area (Å²) in [5.41, 5.74) is 6.47. The Balaban J connectivity index is 2.53. The van der Waals surface area contributed by atoms with Crippen molar-refractivity contribution in [3.05, 3.63) is 35.0 Å². The van der Waals surface area contributed by atoms with Crippen molar-refractivity contribution in [2.24, 2.45) is 0 Å². The van der Waals surface area contributed by atoms with Gasteiger partial charge >= 0.3 is 0 Å². The maximum absolute atomic E-state index is 12.0. The number of carbonyl (C=O) groups is 1. The lowest BCUT2D eigenvalue weighted by molar-refractivity contribution is -0.112. The molecule has 7 heteroatoms. The average Bonchev–Trinajstić information content (AvgIpc) is 2.50. The van der Waals surface area contributed by atoms with Crippen molar-refractivity contribution < 1.29 is 9.53 Å². The minimum atomic E-state index is -0.513. The van der Waals surface area contributed by atoms with Gasteiger partial charge in [0.15, 0.2) is 0 Å². The van der Waals surface area contributed by atoms with Gasteiger partial charge in [-0.2, -0.15) is 5.26 Å². The highest BCUT2D eigenvalue weighted by atomic mass is 35.5. The Bertz CT molecular complexity index is 581. The van der Waals surface area contributed by atoms with Crippen LogP contribution in [0.4, 0.5) is 11.4 Å². The molecule has 0 aromatic heterocycles. The lowest BCUT2D eigenvalue weighted by Gasteiger charge is -2.06. The van der Waals surface area contributed by atoms with E-state index < -0.39 is 5.91 Å². The minimum absolute atomic E-state index is 0.0237. The molecule has 0 aliphatic carbocycles. The van der Waals surface area contributed by atoms with Crippen LogP contribution in [0.3, 0.4) is 0 Å². The maximum Gasteiger partial charge on any atom is 0.267 e. The van der Waals surface area contributed by atoms with Crippen molar-refractivity contribution in [3.63, 3.8) is 0 Å². The third-order valence-electron chi connectivity index (χ3n) is 2.68. The fourth-order valence-corrected chi connectivity index (χ4v) is 1.73. The lowest BCUT2D eigenvalue weighted by Crippen LogP contribution is -2.17. The Morgan fingerprint density at radius 2 is 2.32 bits per heavy atom. The van der Waals surface area contributed by atoms with E-state index in [1.54, 1.807) is 12.1 Å². The van der Waals surface area contributed by atoms with Crippen LogP contribution in [0, 0.1) is 11.3 Å². The number of benzene rings is 1. The quantitative estimate of drug-likeness (QED) is 0.295. The SMILES string of the molecule is CCOCCCN/C=C(/C#N)C(=O)Nc1ccc(N)c(Cl)c1. The van der Waals surface area contributed by atoms with E-state index >= 15 is 0 Å². The molecule has 6 nitrogen and oxygen atoms in total. The number of anilines is 2. The number of nitrogens with two attached hydrogens (primary N) is 1. The van der Waals surface area contributed by atoms with Crippen molar-refractivity contribution in [1.82, 2.24) is 5.32 Å². The molecule has 118 valence electrons. The second-order valence-corrected chi connectivity index (χ2v) is 4.77. The molecule has 0 spiro atoms. The molecule has 0 aliphatic heterocycles. The van der Waals surface area contributed by atoms with E-state index in [0.29, 0.717) is 36.2 Å². The molecule has 22 heavy (non-hydrogen) atoms. The summed E-state index contributed by atoms with van der Waals surface area (Å²) in [7, 11) is 0. The topological polar surface area (TPSA) is 100 Å². The van der Waals surface area contributed by atoms with Crippen LogP contribution in [0.5, 0.6) is 0 Å². The van der Waals surface area contributed by atoms with Gasteiger partial charge in [-0.15, -0.1) is 0 Å². The molecule has 0 saturated carbocycles. The van der Waals surface area contributed by atoms with Gasteiger partial charge in [0.05, 0.1) is 10.7 Å². The predicted octanol–water partition coefficient (Wildman–Crippen LogP) is 2.28. The minimum Gasteiger partial charge on any atom is -0.398 e. The lowest BCUT2D eigenvalue weighted by atomic mass is 10.2. The number of amides is 1. The standard InChI is InChI=1S/C15H19ClN4O2/c1-2-22-7-3-6-19-10-11(9-17)15(21)20-12-4-5-14(18)13(16)8-12/h4-5,8,10,19H,2-3,6-7,18H2,1H3,(H,20,21)/b11-10-. The Kier molecular flexibility index (Phi) is 7.83. The van der Waals surface area contributed by atoms with Gasteiger partial charge in [0.2, 0.25) is 0 Å². The molecule has 0 bridgehead atoms. The molecule has 0 aliphatic rings. The molecule has 1 aromatic carbocycles. The average molecular weight is 323 g/mol.